The van der Waals surface area contributed by atoms with Crippen LogP contribution in [0, 0.1) is 5.41 Å². The third-order valence-electron chi connectivity index (χ3n) is 5.51. The highest BCUT2D eigenvalue weighted by atomic mass is 16.2. The molecule has 0 bridgehead atoms. The van der Waals surface area contributed by atoms with Gasteiger partial charge < -0.3 is 9.88 Å². The molecule has 2 fully saturated rings. The predicted molar refractivity (Wildman–Crippen MR) is 88.9 cm³/mol. The minimum absolute atomic E-state index is 0.00910. The van der Waals surface area contributed by atoms with Crippen molar-refractivity contribution >= 4 is 5.91 Å². The van der Waals surface area contributed by atoms with Crippen LogP contribution in [-0.2, 0) is 16.8 Å². The number of nitrogens with one attached hydrogen (secondary N) is 1. The minimum atomic E-state index is -0.390. The second-order valence-electron chi connectivity index (χ2n) is 7.54. The van der Waals surface area contributed by atoms with Crippen LogP contribution in [0.4, 0.5) is 0 Å². The Morgan fingerprint density at radius 1 is 1.30 bits per heavy atom. The molecule has 1 amide bonds. The number of carbonyl (C=O) groups is 1. The van der Waals surface area contributed by atoms with Crippen molar-refractivity contribution in [3.05, 3.63) is 54.1 Å². The average Bonchev–Trinajstić information content (AvgIpc) is 3.43. The zero-order valence-electron chi connectivity index (χ0n) is 13.7. The Hall–Kier alpha value is -2.10. The summed E-state index contributed by atoms with van der Waals surface area (Å²) in [6.07, 6.45) is 7.09. The molecule has 2 aliphatic carbocycles. The lowest BCUT2D eigenvalue weighted by Crippen LogP contribution is -2.37. The maximum absolute atomic E-state index is 13.0. The molecule has 23 heavy (non-hydrogen) atoms. The van der Waals surface area contributed by atoms with Crippen molar-refractivity contribution in [2.75, 3.05) is 0 Å². The van der Waals surface area contributed by atoms with Gasteiger partial charge in [-0.2, -0.15) is 0 Å². The van der Waals surface area contributed by atoms with Crippen molar-refractivity contribution in [1.29, 1.82) is 0 Å². The highest BCUT2D eigenvalue weighted by Crippen LogP contribution is 2.64. The first-order valence-corrected chi connectivity index (χ1v) is 8.39. The molecule has 2 aliphatic rings. The van der Waals surface area contributed by atoms with Gasteiger partial charge >= 0.3 is 0 Å². The van der Waals surface area contributed by atoms with Crippen LogP contribution in [-0.4, -0.2) is 15.5 Å². The molecule has 2 aromatic rings. The lowest BCUT2D eigenvalue weighted by molar-refractivity contribution is -0.124. The first-order chi connectivity index (χ1) is 11.0. The van der Waals surface area contributed by atoms with Crippen LogP contribution >= 0.6 is 0 Å². The summed E-state index contributed by atoms with van der Waals surface area (Å²) < 4.78 is 2.20. The molecule has 2 saturated carbocycles. The van der Waals surface area contributed by atoms with E-state index in [4.69, 9.17) is 0 Å². The molecule has 4 heteroatoms. The summed E-state index contributed by atoms with van der Waals surface area (Å²) in [5.41, 5.74) is 1.84. The van der Waals surface area contributed by atoms with Gasteiger partial charge in [-0.15, -0.1) is 0 Å². The van der Waals surface area contributed by atoms with Crippen LogP contribution < -0.4 is 5.32 Å². The second-order valence-corrected chi connectivity index (χ2v) is 7.54. The Morgan fingerprint density at radius 3 is 2.61 bits per heavy atom. The van der Waals surface area contributed by atoms with E-state index in [2.05, 4.69) is 40.8 Å². The molecule has 120 valence electrons. The maximum Gasteiger partial charge on any atom is 0.231 e. The summed E-state index contributed by atoms with van der Waals surface area (Å²) >= 11 is 0. The molecule has 0 unspecified atom stereocenters. The number of nitrogens with zero attached hydrogens (tertiary/aromatic N) is 2. The van der Waals surface area contributed by atoms with Crippen LogP contribution in [0.2, 0.25) is 0 Å². The molecule has 1 aromatic carbocycles. The third kappa shape index (κ3) is 2.28. The first-order valence-electron chi connectivity index (χ1n) is 8.39. The van der Waals surface area contributed by atoms with Gasteiger partial charge in [0.15, 0.2) is 0 Å². The number of hydrogen-bond acceptors (Lipinski definition) is 2. The SMILES string of the molecule is CC1(C)C[C@@]1(C(=O)NCc1cncn1C1CC1)c1ccccc1. The summed E-state index contributed by atoms with van der Waals surface area (Å²) in [4.78, 5) is 17.2. The zero-order valence-corrected chi connectivity index (χ0v) is 13.7. The molecular formula is C19H23N3O. The molecule has 1 heterocycles. The Labute approximate surface area is 136 Å². The highest BCUT2D eigenvalue weighted by molar-refractivity contribution is 5.93. The van der Waals surface area contributed by atoms with Gasteiger partial charge in [-0.05, 0) is 30.2 Å². The van der Waals surface area contributed by atoms with E-state index in [1.54, 1.807) is 0 Å². The Kier molecular flexibility index (Phi) is 3.12. The summed E-state index contributed by atoms with van der Waals surface area (Å²) in [5, 5.41) is 3.17. The molecule has 1 N–H and O–H groups in total. The first kappa shape index (κ1) is 14.5. The molecule has 4 rings (SSSR count). The van der Waals surface area contributed by atoms with Crippen LogP contribution in [0.3, 0.4) is 0 Å². The van der Waals surface area contributed by atoms with E-state index < -0.39 is 5.41 Å². The van der Waals surface area contributed by atoms with Crippen molar-refractivity contribution in [2.24, 2.45) is 5.41 Å². The lowest BCUT2D eigenvalue weighted by atomic mass is 9.87. The van der Waals surface area contributed by atoms with Gasteiger partial charge in [0, 0.05) is 12.2 Å². The number of benzene rings is 1. The van der Waals surface area contributed by atoms with Gasteiger partial charge in [-0.3, -0.25) is 4.79 Å². The lowest BCUT2D eigenvalue weighted by Gasteiger charge is -2.21. The smallest absolute Gasteiger partial charge is 0.231 e. The molecule has 0 saturated heterocycles. The van der Waals surface area contributed by atoms with Gasteiger partial charge in [0.2, 0.25) is 5.91 Å². The molecular weight excluding hydrogens is 286 g/mol. The monoisotopic (exact) mass is 309 g/mol. The predicted octanol–water partition coefficient (Wildman–Crippen LogP) is 3.20. The fourth-order valence-corrected chi connectivity index (χ4v) is 3.83. The van der Waals surface area contributed by atoms with Crippen LogP contribution in [0.1, 0.15) is 50.4 Å². The Balaban J connectivity index is 1.52. The quantitative estimate of drug-likeness (QED) is 0.922. The molecule has 0 spiro atoms. The summed E-state index contributed by atoms with van der Waals surface area (Å²) in [6.45, 7) is 4.90. The van der Waals surface area contributed by atoms with E-state index in [9.17, 15) is 4.79 Å². The van der Waals surface area contributed by atoms with E-state index in [0.29, 0.717) is 12.6 Å². The van der Waals surface area contributed by atoms with Gasteiger partial charge in [0.05, 0.1) is 24.0 Å². The molecule has 1 aromatic heterocycles. The number of amides is 1. The highest BCUT2D eigenvalue weighted by Gasteiger charge is 2.66. The van der Waals surface area contributed by atoms with Gasteiger partial charge in [-0.25, -0.2) is 4.98 Å². The van der Waals surface area contributed by atoms with Gasteiger partial charge in [-0.1, -0.05) is 44.2 Å². The van der Waals surface area contributed by atoms with Crippen molar-refractivity contribution < 1.29 is 4.79 Å². The molecule has 1 atom stereocenters. The average molecular weight is 309 g/mol. The standard InChI is InChI=1S/C19H23N3O/c1-18(2)12-19(18,14-6-4-3-5-7-14)17(23)21-11-16-10-20-13-22(16)15-8-9-15/h3-7,10,13,15H,8-9,11-12H2,1-2H3,(H,21,23)/t19-/m0/s1. The molecule has 0 aliphatic heterocycles. The van der Waals surface area contributed by atoms with E-state index >= 15 is 0 Å². The number of carbonyl (C=O) groups excluding carboxylic acids is 1. The van der Waals surface area contributed by atoms with Crippen LogP contribution in [0.15, 0.2) is 42.9 Å². The number of hydrogen-bond donors (Lipinski definition) is 1. The van der Waals surface area contributed by atoms with E-state index in [1.165, 1.54) is 12.8 Å². The van der Waals surface area contributed by atoms with Gasteiger partial charge in [0.25, 0.3) is 0 Å². The number of imidazole rings is 1. The van der Waals surface area contributed by atoms with Crippen molar-refractivity contribution in [3.63, 3.8) is 0 Å². The van der Waals surface area contributed by atoms with E-state index in [1.807, 2.05) is 30.7 Å². The number of aromatic nitrogens is 2. The summed E-state index contributed by atoms with van der Waals surface area (Å²) in [7, 11) is 0. The second kappa shape index (κ2) is 4.95. The fraction of sp³-hybridized carbons (Fsp3) is 0.474. The molecule has 0 radical (unpaired) electrons. The van der Waals surface area contributed by atoms with Crippen LogP contribution in [0.5, 0.6) is 0 Å². The topological polar surface area (TPSA) is 46.9 Å². The largest absolute Gasteiger partial charge is 0.350 e. The Bertz CT molecular complexity index is 730. The summed E-state index contributed by atoms with van der Waals surface area (Å²) in [5.74, 6) is 0.136. The normalized spacial score (nSPS) is 25.1. The minimum Gasteiger partial charge on any atom is -0.350 e. The van der Waals surface area contributed by atoms with Gasteiger partial charge in [0.1, 0.15) is 0 Å². The molecule has 4 nitrogen and oxygen atoms in total. The van der Waals surface area contributed by atoms with E-state index in [0.717, 1.165) is 17.7 Å². The van der Waals surface area contributed by atoms with Crippen LogP contribution in [0.25, 0.3) is 0 Å². The maximum atomic E-state index is 13.0. The fourth-order valence-electron chi connectivity index (χ4n) is 3.83. The zero-order chi connectivity index (χ0) is 16.1. The third-order valence-corrected chi connectivity index (χ3v) is 5.51. The van der Waals surface area contributed by atoms with E-state index in [-0.39, 0.29) is 11.3 Å². The van der Waals surface area contributed by atoms with Crippen molar-refractivity contribution in [3.8, 4) is 0 Å². The number of rotatable bonds is 5. The summed E-state index contributed by atoms with van der Waals surface area (Å²) in [6, 6.07) is 10.8. The van der Waals surface area contributed by atoms with Crippen molar-refractivity contribution in [1.82, 2.24) is 14.9 Å². The van der Waals surface area contributed by atoms with Crippen molar-refractivity contribution in [2.45, 2.75) is 51.1 Å². The Morgan fingerprint density at radius 2 is 2.00 bits per heavy atom.